The lowest BCUT2D eigenvalue weighted by atomic mass is 10.1. The molecule has 2 aromatic rings. The average molecular weight is 323 g/mol. The van der Waals surface area contributed by atoms with E-state index in [1.165, 1.54) is 36.4 Å². The van der Waals surface area contributed by atoms with E-state index in [-0.39, 0.29) is 33.1 Å². The van der Waals surface area contributed by atoms with Gasteiger partial charge in [0.1, 0.15) is 11.5 Å². The van der Waals surface area contributed by atoms with Crippen molar-refractivity contribution in [2.45, 2.75) is 0 Å². The Morgan fingerprint density at radius 1 is 1.05 bits per heavy atom. The zero-order valence-corrected chi connectivity index (χ0v) is 11.9. The quantitative estimate of drug-likeness (QED) is 0.778. The highest BCUT2D eigenvalue weighted by Crippen LogP contribution is 2.36. The minimum Gasteiger partial charge on any atom is -0.508 e. The van der Waals surface area contributed by atoms with Gasteiger partial charge in [-0.05, 0) is 35.9 Å². The third kappa shape index (κ3) is 2.44. The zero-order chi connectivity index (χ0) is 15.1. The standard InChI is InChI=1S/C15H8Cl2O4/c16-10-3-7(4-11(17)15(10)20)5-13-14(19)9-2-1-8(18)6-12(9)21-13/h1-6,18,20H/b13-5-. The number of carbonyl (C=O) groups excluding carboxylic acids is 1. The van der Waals surface area contributed by atoms with E-state index in [1.807, 2.05) is 0 Å². The van der Waals surface area contributed by atoms with Crippen LogP contribution in [0.5, 0.6) is 17.2 Å². The minimum absolute atomic E-state index is 0.0125. The number of Topliss-reactive ketones (excluding diaryl/α,β-unsaturated/α-hetero) is 1. The molecule has 4 nitrogen and oxygen atoms in total. The summed E-state index contributed by atoms with van der Waals surface area (Å²) in [6.45, 7) is 0. The molecule has 0 saturated carbocycles. The lowest BCUT2D eigenvalue weighted by Crippen LogP contribution is -1.98. The second-order valence-corrected chi connectivity index (χ2v) is 5.27. The number of benzene rings is 2. The summed E-state index contributed by atoms with van der Waals surface area (Å²) >= 11 is 11.7. The highest BCUT2D eigenvalue weighted by atomic mass is 35.5. The van der Waals surface area contributed by atoms with Crippen LogP contribution in [0.4, 0.5) is 0 Å². The molecule has 0 radical (unpaired) electrons. The SMILES string of the molecule is O=C1/C(=C/c2cc(Cl)c(O)c(Cl)c2)Oc2cc(O)ccc21. The summed E-state index contributed by atoms with van der Waals surface area (Å²) in [7, 11) is 0. The predicted octanol–water partition coefficient (Wildman–Crippen LogP) is 4.02. The third-order valence-electron chi connectivity index (χ3n) is 2.99. The molecule has 0 bridgehead atoms. The molecule has 1 heterocycles. The molecular formula is C15H8Cl2O4. The van der Waals surface area contributed by atoms with Crippen LogP contribution >= 0.6 is 23.2 Å². The molecule has 3 rings (SSSR count). The number of rotatable bonds is 1. The lowest BCUT2D eigenvalue weighted by molar-refractivity contribution is 0.101. The van der Waals surface area contributed by atoms with Gasteiger partial charge in [0.05, 0.1) is 15.6 Å². The molecule has 21 heavy (non-hydrogen) atoms. The van der Waals surface area contributed by atoms with Crippen molar-refractivity contribution in [1.82, 2.24) is 0 Å². The number of allylic oxidation sites excluding steroid dienone is 1. The second kappa shape index (κ2) is 4.98. The Morgan fingerprint density at radius 3 is 2.38 bits per heavy atom. The van der Waals surface area contributed by atoms with E-state index in [2.05, 4.69) is 0 Å². The average Bonchev–Trinajstić information content (AvgIpc) is 2.72. The van der Waals surface area contributed by atoms with E-state index in [4.69, 9.17) is 27.9 Å². The Balaban J connectivity index is 2.01. The number of phenolic OH excluding ortho intramolecular Hbond substituents is 2. The Hall–Kier alpha value is -2.17. The van der Waals surface area contributed by atoms with Gasteiger partial charge in [-0.1, -0.05) is 23.2 Å². The molecule has 0 fully saturated rings. The van der Waals surface area contributed by atoms with Gasteiger partial charge in [-0.25, -0.2) is 0 Å². The van der Waals surface area contributed by atoms with Crippen molar-refractivity contribution in [3.63, 3.8) is 0 Å². The zero-order valence-electron chi connectivity index (χ0n) is 10.4. The number of hydrogen-bond acceptors (Lipinski definition) is 4. The highest BCUT2D eigenvalue weighted by molar-refractivity contribution is 6.37. The minimum atomic E-state index is -0.301. The molecule has 2 N–H and O–H groups in total. The highest BCUT2D eigenvalue weighted by Gasteiger charge is 2.27. The summed E-state index contributed by atoms with van der Waals surface area (Å²) in [6, 6.07) is 7.20. The number of phenols is 2. The van der Waals surface area contributed by atoms with Crippen molar-refractivity contribution in [3.05, 3.63) is 57.3 Å². The maximum Gasteiger partial charge on any atom is 0.231 e. The van der Waals surface area contributed by atoms with Crippen LogP contribution in [-0.4, -0.2) is 16.0 Å². The van der Waals surface area contributed by atoms with E-state index in [0.29, 0.717) is 16.9 Å². The normalized spacial score (nSPS) is 15.1. The molecular weight excluding hydrogens is 315 g/mol. The van der Waals surface area contributed by atoms with Crippen LogP contribution in [0.2, 0.25) is 10.0 Å². The van der Waals surface area contributed by atoms with E-state index in [0.717, 1.165) is 0 Å². The number of carbonyl (C=O) groups is 1. The van der Waals surface area contributed by atoms with Gasteiger partial charge < -0.3 is 14.9 Å². The molecule has 2 aromatic carbocycles. The molecule has 0 aromatic heterocycles. The van der Waals surface area contributed by atoms with Gasteiger partial charge in [-0.3, -0.25) is 4.79 Å². The molecule has 6 heteroatoms. The smallest absolute Gasteiger partial charge is 0.231 e. The first-order chi connectivity index (χ1) is 9.95. The first-order valence-electron chi connectivity index (χ1n) is 5.91. The molecule has 0 aliphatic carbocycles. The van der Waals surface area contributed by atoms with Crippen molar-refractivity contribution in [2.75, 3.05) is 0 Å². The number of ketones is 1. The van der Waals surface area contributed by atoms with E-state index in [1.54, 1.807) is 0 Å². The summed E-state index contributed by atoms with van der Waals surface area (Å²) in [6.07, 6.45) is 1.47. The molecule has 1 aliphatic rings. The van der Waals surface area contributed by atoms with Crippen LogP contribution < -0.4 is 4.74 Å². The van der Waals surface area contributed by atoms with Crippen molar-refractivity contribution >= 4 is 35.1 Å². The van der Waals surface area contributed by atoms with Crippen LogP contribution in [-0.2, 0) is 0 Å². The van der Waals surface area contributed by atoms with E-state index < -0.39 is 0 Å². The number of fused-ring (bicyclic) bond motifs is 1. The molecule has 0 spiro atoms. The summed E-state index contributed by atoms with van der Waals surface area (Å²) < 4.78 is 5.42. The van der Waals surface area contributed by atoms with Crippen LogP contribution in [0.15, 0.2) is 36.1 Å². The maximum atomic E-state index is 12.2. The fourth-order valence-electron chi connectivity index (χ4n) is 2.00. The molecule has 0 unspecified atom stereocenters. The Bertz CT molecular complexity index is 773. The monoisotopic (exact) mass is 322 g/mol. The van der Waals surface area contributed by atoms with Crippen LogP contribution in [0, 0.1) is 0 Å². The van der Waals surface area contributed by atoms with Crippen molar-refractivity contribution < 1.29 is 19.7 Å². The Morgan fingerprint density at radius 2 is 1.71 bits per heavy atom. The number of hydrogen-bond donors (Lipinski definition) is 2. The Labute approximate surface area is 129 Å². The second-order valence-electron chi connectivity index (χ2n) is 4.45. The van der Waals surface area contributed by atoms with Crippen LogP contribution in [0.3, 0.4) is 0 Å². The molecule has 0 atom stereocenters. The third-order valence-corrected chi connectivity index (χ3v) is 3.57. The first kappa shape index (κ1) is 13.8. The van der Waals surface area contributed by atoms with Gasteiger partial charge >= 0.3 is 0 Å². The van der Waals surface area contributed by atoms with E-state index >= 15 is 0 Å². The van der Waals surface area contributed by atoms with Crippen molar-refractivity contribution in [3.8, 4) is 17.2 Å². The van der Waals surface area contributed by atoms with E-state index in [9.17, 15) is 15.0 Å². The molecule has 0 saturated heterocycles. The van der Waals surface area contributed by atoms with Gasteiger partial charge in [0.25, 0.3) is 0 Å². The molecule has 1 aliphatic heterocycles. The largest absolute Gasteiger partial charge is 0.508 e. The summed E-state index contributed by atoms with van der Waals surface area (Å²) in [5, 5.41) is 19.1. The topological polar surface area (TPSA) is 66.8 Å². The van der Waals surface area contributed by atoms with Crippen LogP contribution in [0.25, 0.3) is 6.08 Å². The van der Waals surface area contributed by atoms with Gasteiger partial charge in [-0.15, -0.1) is 0 Å². The van der Waals surface area contributed by atoms with Gasteiger partial charge in [0.15, 0.2) is 11.5 Å². The molecule has 0 amide bonds. The number of ether oxygens (including phenoxy) is 1. The maximum absolute atomic E-state index is 12.2. The summed E-state index contributed by atoms with van der Waals surface area (Å²) in [5.41, 5.74) is 0.887. The van der Waals surface area contributed by atoms with Gasteiger partial charge in [0.2, 0.25) is 5.78 Å². The Kier molecular flexibility index (Phi) is 3.27. The fourth-order valence-corrected chi connectivity index (χ4v) is 2.50. The van der Waals surface area contributed by atoms with Crippen molar-refractivity contribution in [1.29, 1.82) is 0 Å². The van der Waals surface area contributed by atoms with Crippen LogP contribution in [0.1, 0.15) is 15.9 Å². The number of aromatic hydroxyl groups is 2. The summed E-state index contributed by atoms with van der Waals surface area (Å²) in [5.74, 6) is -0.119. The predicted molar refractivity (Wildman–Crippen MR) is 79.2 cm³/mol. The molecule has 106 valence electrons. The van der Waals surface area contributed by atoms with Gasteiger partial charge in [0, 0.05) is 6.07 Å². The fraction of sp³-hybridized carbons (Fsp3) is 0. The van der Waals surface area contributed by atoms with Crippen molar-refractivity contribution in [2.24, 2.45) is 0 Å². The van der Waals surface area contributed by atoms with Gasteiger partial charge in [-0.2, -0.15) is 0 Å². The number of halogens is 2. The summed E-state index contributed by atoms with van der Waals surface area (Å²) in [4.78, 5) is 12.2. The first-order valence-corrected chi connectivity index (χ1v) is 6.66. The lowest BCUT2D eigenvalue weighted by Gasteiger charge is -2.03.